The molecule has 0 saturated heterocycles. The van der Waals surface area contributed by atoms with Crippen LogP contribution in [0.15, 0.2) is 43.0 Å². The molecule has 2 aliphatic carbocycles. The standard InChI is InChI=1S/C16H20O/c1-2-16(17)12-15(11-7-6-10-14(15)16)13-8-4-3-5-9-13/h2-5,8-9,14,17H,1,6-7,10-12H2. The third kappa shape index (κ3) is 1.42. The van der Waals surface area contributed by atoms with Crippen LogP contribution in [0.5, 0.6) is 0 Å². The minimum absolute atomic E-state index is 0.225. The number of benzene rings is 1. The van der Waals surface area contributed by atoms with Crippen LogP contribution < -0.4 is 0 Å². The molecule has 3 atom stereocenters. The maximum Gasteiger partial charge on any atom is 0.0870 e. The third-order valence-corrected chi connectivity index (χ3v) is 4.94. The first-order valence-corrected chi connectivity index (χ1v) is 6.63. The molecule has 0 spiro atoms. The lowest BCUT2D eigenvalue weighted by Gasteiger charge is -2.62. The Labute approximate surface area is 103 Å². The Kier molecular flexibility index (Phi) is 2.41. The average Bonchev–Trinajstić information content (AvgIpc) is 2.38. The first kappa shape index (κ1) is 11.0. The Morgan fingerprint density at radius 3 is 2.71 bits per heavy atom. The van der Waals surface area contributed by atoms with Crippen LogP contribution in [0, 0.1) is 5.92 Å². The molecule has 3 unspecified atom stereocenters. The van der Waals surface area contributed by atoms with Crippen LogP contribution in [0.25, 0.3) is 0 Å². The van der Waals surface area contributed by atoms with E-state index in [0.29, 0.717) is 5.92 Å². The van der Waals surface area contributed by atoms with Gasteiger partial charge in [-0.2, -0.15) is 0 Å². The largest absolute Gasteiger partial charge is 0.385 e. The quantitative estimate of drug-likeness (QED) is 0.769. The molecule has 2 aliphatic rings. The first-order valence-electron chi connectivity index (χ1n) is 6.63. The summed E-state index contributed by atoms with van der Waals surface area (Å²) in [6.07, 6.45) is 7.52. The Morgan fingerprint density at radius 1 is 1.24 bits per heavy atom. The van der Waals surface area contributed by atoms with Crippen LogP contribution >= 0.6 is 0 Å². The van der Waals surface area contributed by atoms with E-state index in [0.717, 1.165) is 12.8 Å². The predicted molar refractivity (Wildman–Crippen MR) is 69.8 cm³/mol. The molecule has 3 rings (SSSR count). The molecule has 1 nitrogen and oxygen atoms in total. The molecule has 1 N–H and O–H groups in total. The van der Waals surface area contributed by atoms with Gasteiger partial charge in [0.15, 0.2) is 0 Å². The smallest absolute Gasteiger partial charge is 0.0870 e. The molecule has 17 heavy (non-hydrogen) atoms. The summed E-state index contributed by atoms with van der Waals surface area (Å²) in [6.45, 7) is 3.82. The van der Waals surface area contributed by atoms with Crippen LogP contribution in [0.1, 0.15) is 37.7 Å². The highest BCUT2D eigenvalue weighted by Gasteiger charge is 2.62. The lowest BCUT2D eigenvalue weighted by Crippen LogP contribution is -2.64. The molecule has 0 bridgehead atoms. The number of hydrogen-bond donors (Lipinski definition) is 1. The van der Waals surface area contributed by atoms with Gasteiger partial charge in [-0.1, -0.05) is 49.2 Å². The van der Waals surface area contributed by atoms with Crippen molar-refractivity contribution in [2.45, 2.75) is 43.1 Å². The van der Waals surface area contributed by atoms with E-state index >= 15 is 0 Å². The number of rotatable bonds is 2. The van der Waals surface area contributed by atoms with Gasteiger partial charge >= 0.3 is 0 Å². The van der Waals surface area contributed by atoms with Crippen LogP contribution in [-0.4, -0.2) is 10.7 Å². The van der Waals surface area contributed by atoms with Crippen molar-refractivity contribution in [1.29, 1.82) is 0 Å². The van der Waals surface area contributed by atoms with Crippen molar-refractivity contribution >= 4 is 0 Å². The van der Waals surface area contributed by atoms with Crippen molar-refractivity contribution in [2.24, 2.45) is 5.92 Å². The van der Waals surface area contributed by atoms with Crippen molar-refractivity contribution in [1.82, 2.24) is 0 Å². The van der Waals surface area contributed by atoms with Gasteiger partial charge in [0.2, 0.25) is 0 Å². The van der Waals surface area contributed by atoms with Crippen LogP contribution in [0.4, 0.5) is 0 Å². The van der Waals surface area contributed by atoms with Gasteiger partial charge in [0, 0.05) is 11.3 Å². The van der Waals surface area contributed by atoms with Crippen LogP contribution in [-0.2, 0) is 5.41 Å². The number of aliphatic hydroxyl groups is 1. The summed E-state index contributed by atoms with van der Waals surface area (Å²) in [4.78, 5) is 0. The third-order valence-electron chi connectivity index (χ3n) is 4.94. The highest BCUT2D eigenvalue weighted by molar-refractivity contribution is 5.36. The molecular weight excluding hydrogens is 208 g/mol. The van der Waals surface area contributed by atoms with E-state index in [-0.39, 0.29) is 5.41 Å². The monoisotopic (exact) mass is 228 g/mol. The van der Waals surface area contributed by atoms with E-state index in [1.54, 1.807) is 6.08 Å². The van der Waals surface area contributed by atoms with E-state index in [2.05, 4.69) is 36.9 Å². The molecule has 1 heteroatoms. The Balaban J connectivity index is 1.99. The average molecular weight is 228 g/mol. The summed E-state index contributed by atoms with van der Waals surface area (Å²) in [5, 5.41) is 10.5. The first-order chi connectivity index (χ1) is 8.21. The Morgan fingerprint density at radius 2 is 2.00 bits per heavy atom. The van der Waals surface area contributed by atoms with Crippen LogP contribution in [0.2, 0.25) is 0 Å². The van der Waals surface area contributed by atoms with E-state index in [4.69, 9.17) is 0 Å². The maximum absolute atomic E-state index is 10.5. The summed E-state index contributed by atoms with van der Waals surface area (Å²) in [5.41, 5.74) is 1.02. The topological polar surface area (TPSA) is 20.2 Å². The molecule has 0 radical (unpaired) electrons. The summed E-state index contributed by atoms with van der Waals surface area (Å²) < 4.78 is 0. The summed E-state index contributed by atoms with van der Waals surface area (Å²) >= 11 is 0. The zero-order valence-electron chi connectivity index (χ0n) is 10.2. The summed E-state index contributed by atoms with van der Waals surface area (Å²) in [5.74, 6) is 0.378. The zero-order valence-corrected chi connectivity index (χ0v) is 10.2. The second-order valence-corrected chi connectivity index (χ2v) is 5.69. The van der Waals surface area contributed by atoms with Gasteiger partial charge in [0.1, 0.15) is 0 Å². The van der Waals surface area contributed by atoms with Gasteiger partial charge in [-0.15, -0.1) is 6.58 Å². The second kappa shape index (κ2) is 3.71. The summed E-state index contributed by atoms with van der Waals surface area (Å²) in [6, 6.07) is 10.7. The fraction of sp³-hybridized carbons (Fsp3) is 0.500. The molecule has 1 aromatic carbocycles. The van der Waals surface area contributed by atoms with Gasteiger partial charge in [-0.25, -0.2) is 0 Å². The highest BCUT2D eigenvalue weighted by Crippen LogP contribution is 2.62. The molecule has 1 aromatic rings. The lowest BCUT2D eigenvalue weighted by molar-refractivity contribution is -0.140. The molecule has 0 aliphatic heterocycles. The molecular formula is C16H20O. The van der Waals surface area contributed by atoms with E-state index in [1.165, 1.54) is 24.8 Å². The van der Waals surface area contributed by atoms with Gasteiger partial charge in [-0.3, -0.25) is 0 Å². The SMILES string of the molecule is C=CC1(O)CC2(c3ccccc3)CCCCC12. The highest BCUT2D eigenvalue weighted by atomic mass is 16.3. The van der Waals surface area contributed by atoms with Crippen molar-refractivity contribution in [3.8, 4) is 0 Å². The van der Waals surface area contributed by atoms with E-state index < -0.39 is 5.60 Å². The zero-order chi connectivity index (χ0) is 11.9. The normalized spacial score (nSPS) is 40.2. The molecule has 2 fully saturated rings. The predicted octanol–water partition coefficient (Wildman–Crippen LogP) is 3.44. The van der Waals surface area contributed by atoms with E-state index in [9.17, 15) is 5.11 Å². The minimum Gasteiger partial charge on any atom is -0.385 e. The Bertz CT molecular complexity index is 424. The molecule has 0 aromatic heterocycles. The Hall–Kier alpha value is -1.08. The number of hydrogen-bond acceptors (Lipinski definition) is 1. The second-order valence-electron chi connectivity index (χ2n) is 5.69. The fourth-order valence-corrected chi connectivity index (χ4v) is 4.11. The van der Waals surface area contributed by atoms with Crippen molar-refractivity contribution in [3.05, 3.63) is 48.6 Å². The minimum atomic E-state index is -0.615. The maximum atomic E-state index is 10.5. The van der Waals surface area contributed by atoms with Crippen molar-refractivity contribution in [3.63, 3.8) is 0 Å². The summed E-state index contributed by atoms with van der Waals surface area (Å²) in [7, 11) is 0. The molecule has 90 valence electrons. The van der Waals surface area contributed by atoms with Crippen molar-refractivity contribution in [2.75, 3.05) is 0 Å². The van der Waals surface area contributed by atoms with Gasteiger partial charge in [0.25, 0.3) is 0 Å². The lowest BCUT2D eigenvalue weighted by atomic mass is 9.44. The molecule has 0 amide bonds. The van der Waals surface area contributed by atoms with Crippen LogP contribution in [0.3, 0.4) is 0 Å². The van der Waals surface area contributed by atoms with Gasteiger partial charge in [-0.05, 0) is 24.8 Å². The fourth-order valence-electron chi connectivity index (χ4n) is 4.11. The number of fused-ring (bicyclic) bond motifs is 1. The van der Waals surface area contributed by atoms with Gasteiger partial charge < -0.3 is 5.11 Å². The van der Waals surface area contributed by atoms with E-state index in [1.807, 2.05) is 0 Å². The molecule has 2 saturated carbocycles. The van der Waals surface area contributed by atoms with Crippen molar-refractivity contribution < 1.29 is 5.11 Å². The molecule has 0 heterocycles. The van der Waals surface area contributed by atoms with Gasteiger partial charge in [0.05, 0.1) is 5.60 Å².